The van der Waals surface area contributed by atoms with Crippen LogP contribution in [0.3, 0.4) is 0 Å². The molecular formula is C24H21N3O4. The van der Waals surface area contributed by atoms with E-state index in [-0.39, 0.29) is 5.91 Å². The molecular weight excluding hydrogens is 394 g/mol. The molecule has 0 saturated carbocycles. The fourth-order valence-electron chi connectivity index (χ4n) is 3.42. The maximum absolute atomic E-state index is 13.0. The molecule has 1 heterocycles. The molecule has 7 heteroatoms. The van der Waals surface area contributed by atoms with Gasteiger partial charge in [0.1, 0.15) is 5.75 Å². The van der Waals surface area contributed by atoms with Crippen molar-refractivity contribution in [1.29, 1.82) is 0 Å². The maximum atomic E-state index is 13.0. The summed E-state index contributed by atoms with van der Waals surface area (Å²) in [5.74, 6) is 0.627. The molecule has 0 spiro atoms. The number of aryl methyl sites for hydroxylation is 3. The van der Waals surface area contributed by atoms with Crippen molar-refractivity contribution >= 4 is 22.6 Å². The van der Waals surface area contributed by atoms with E-state index in [0.717, 1.165) is 5.56 Å². The molecule has 0 saturated heterocycles. The first kappa shape index (κ1) is 20.2. The average Bonchev–Trinajstić information content (AvgIpc) is 2.78. The number of carbonyl (C=O) groups excluding carboxylic acids is 1. The quantitative estimate of drug-likeness (QED) is 0.517. The molecule has 0 aliphatic heterocycles. The molecule has 156 valence electrons. The maximum Gasteiger partial charge on any atom is 0.316 e. The smallest absolute Gasteiger partial charge is 0.316 e. The van der Waals surface area contributed by atoms with Crippen molar-refractivity contribution in [2.24, 2.45) is 14.1 Å². The highest BCUT2D eigenvalue weighted by Gasteiger charge is 2.17. The summed E-state index contributed by atoms with van der Waals surface area (Å²) < 4.78 is 8.58. The second-order valence-corrected chi connectivity index (χ2v) is 7.25. The minimum atomic E-state index is -0.650. The first-order chi connectivity index (χ1) is 14.9. The van der Waals surface area contributed by atoms with Crippen LogP contribution < -0.4 is 21.2 Å². The van der Waals surface area contributed by atoms with E-state index in [4.69, 9.17) is 4.74 Å². The van der Waals surface area contributed by atoms with Gasteiger partial charge in [-0.25, -0.2) is 0 Å². The molecule has 0 aliphatic rings. The van der Waals surface area contributed by atoms with E-state index in [1.807, 2.05) is 37.3 Å². The molecule has 3 aromatic carbocycles. The number of anilines is 1. The Morgan fingerprint density at radius 1 is 0.839 bits per heavy atom. The lowest BCUT2D eigenvalue weighted by Crippen LogP contribution is -2.39. The van der Waals surface area contributed by atoms with Crippen LogP contribution in [0.2, 0.25) is 0 Å². The van der Waals surface area contributed by atoms with Gasteiger partial charge in [-0.05, 0) is 36.8 Å². The fourth-order valence-corrected chi connectivity index (χ4v) is 3.42. The van der Waals surface area contributed by atoms with E-state index in [1.165, 1.54) is 23.2 Å². The number of nitrogens with one attached hydrogen (secondary N) is 1. The third-order valence-corrected chi connectivity index (χ3v) is 5.20. The number of hydrogen-bond acceptors (Lipinski definition) is 4. The summed E-state index contributed by atoms with van der Waals surface area (Å²) in [6, 6.07) is 19.7. The Morgan fingerprint density at radius 2 is 1.42 bits per heavy atom. The minimum absolute atomic E-state index is 0.301. The van der Waals surface area contributed by atoms with Crippen molar-refractivity contribution in [1.82, 2.24) is 9.13 Å². The van der Waals surface area contributed by atoms with E-state index >= 15 is 0 Å². The molecule has 0 fully saturated rings. The van der Waals surface area contributed by atoms with Crippen LogP contribution in [0.25, 0.3) is 11.0 Å². The number of amides is 1. The van der Waals surface area contributed by atoms with Crippen molar-refractivity contribution in [3.05, 3.63) is 98.6 Å². The molecule has 0 radical (unpaired) electrons. The molecule has 1 amide bonds. The summed E-state index contributed by atoms with van der Waals surface area (Å²) in [4.78, 5) is 37.5. The van der Waals surface area contributed by atoms with Gasteiger partial charge in [0.05, 0.1) is 16.7 Å². The lowest BCUT2D eigenvalue weighted by molar-refractivity contribution is 0.102. The number of ether oxygens (including phenoxy) is 1. The highest BCUT2D eigenvalue weighted by atomic mass is 16.5. The van der Waals surface area contributed by atoms with E-state index in [2.05, 4.69) is 5.32 Å². The van der Waals surface area contributed by atoms with Crippen molar-refractivity contribution < 1.29 is 9.53 Å². The number of fused-ring (bicyclic) bond motifs is 1. The highest BCUT2D eigenvalue weighted by molar-refractivity contribution is 6.07. The van der Waals surface area contributed by atoms with E-state index in [9.17, 15) is 14.4 Å². The van der Waals surface area contributed by atoms with Gasteiger partial charge in [-0.1, -0.05) is 36.4 Å². The monoisotopic (exact) mass is 415 g/mol. The van der Waals surface area contributed by atoms with Crippen LogP contribution in [0.1, 0.15) is 15.9 Å². The lowest BCUT2D eigenvalue weighted by Gasteiger charge is -2.17. The van der Waals surface area contributed by atoms with Gasteiger partial charge in [-0.15, -0.1) is 0 Å². The van der Waals surface area contributed by atoms with Gasteiger partial charge in [-0.3, -0.25) is 14.4 Å². The molecule has 0 atom stereocenters. The van der Waals surface area contributed by atoms with Crippen molar-refractivity contribution in [2.75, 3.05) is 5.32 Å². The number of hydrogen-bond donors (Lipinski definition) is 1. The predicted molar refractivity (Wildman–Crippen MR) is 120 cm³/mol. The van der Waals surface area contributed by atoms with Crippen LogP contribution >= 0.6 is 0 Å². The van der Waals surface area contributed by atoms with Gasteiger partial charge < -0.3 is 19.2 Å². The van der Waals surface area contributed by atoms with Crippen LogP contribution in [0.5, 0.6) is 11.5 Å². The molecule has 1 aromatic heterocycles. The van der Waals surface area contributed by atoms with Gasteiger partial charge in [0, 0.05) is 25.7 Å². The third kappa shape index (κ3) is 3.73. The van der Waals surface area contributed by atoms with Crippen LogP contribution in [0, 0.1) is 6.92 Å². The Kier molecular flexibility index (Phi) is 5.17. The second-order valence-electron chi connectivity index (χ2n) is 7.25. The fraction of sp³-hybridized carbons (Fsp3) is 0.125. The number of benzene rings is 3. The van der Waals surface area contributed by atoms with Gasteiger partial charge in [0.25, 0.3) is 5.91 Å². The van der Waals surface area contributed by atoms with Gasteiger partial charge in [0.2, 0.25) is 0 Å². The standard InChI is InChI=1S/C24H21N3O4/c1-15-9-7-8-12-17(15)22(28)25-18-13-19-20(27(3)24(30)23(29)26(19)2)14-21(18)31-16-10-5-4-6-11-16/h4-14H,1-3H3,(H,25,28). The van der Waals surface area contributed by atoms with Crippen LogP contribution in [-0.2, 0) is 14.1 Å². The minimum Gasteiger partial charge on any atom is -0.455 e. The summed E-state index contributed by atoms with van der Waals surface area (Å²) in [6.45, 7) is 1.86. The average molecular weight is 415 g/mol. The van der Waals surface area contributed by atoms with Crippen molar-refractivity contribution in [3.8, 4) is 11.5 Å². The van der Waals surface area contributed by atoms with Gasteiger partial charge in [-0.2, -0.15) is 0 Å². The molecule has 4 aromatic rings. The molecule has 0 aliphatic carbocycles. The lowest BCUT2D eigenvalue weighted by atomic mass is 10.1. The van der Waals surface area contributed by atoms with E-state index < -0.39 is 11.1 Å². The Bertz CT molecular complexity index is 1420. The Hall–Kier alpha value is -4.13. The SMILES string of the molecule is Cc1ccccc1C(=O)Nc1cc2c(cc1Oc1ccccc1)n(C)c(=O)c(=O)n2C. The molecule has 7 nitrogen and oxygen atoms in total. The van der Waals surface area contributed by atoms with E-state index in [1.54, 1.807) is 36.4 Å². The number of carbonyl (C=O) groups is 1. The van der Waals surface area contributed by atoms with Crippen LogP contribution in [-0.4, -0.2) is 15.0 Å². The van der Waals surface area contributed by atoms with Crippen LogP contribution in [0.15, 0.2) is 76.3 Å². The summed E-state index contributed by atoms with van der Waals surface area (Å²) in [7, 11) is 3.06. The summed E-state index contributed by atoms with van der Waals surface area (Å²) in [6.07, 6.45) is 0. The number of nitrogens with zero attached hydrogens (tertiary/aromatic N) is 2. The molecule has 31 heavy (non-hydrogen) atoms. The van der Waals surface area contributed by atoms with Crippen molar-refractivity contribution in [2.45, 2.75) is 6.92 Å². The largest absolute Gasteiger partial charge is 0.455 e. The van der Waals surface area contributed by atoms with Gasteiger partial charge >= 0.3 is 11.1 Å². The Morgan fingerprint density at radius 3 is 2.06 bits per heavy atom. The summed E-state index contributed by atoms with van der Waals surface area (Å²) in [5.41, 5.74) is 1.46. The van der Waals surface area contributed by atoms with E-state index in [0.29, 0.717) is 33.8 Å². The first-order valence-corrected chi connectivity index (χ1v) is 9.70. The van der Waals surface area contributed by atoms with Crippen LogP contribution in [0.4, 0.5) is 5.69 Å². The molecule has 4 rings (SSSR count). The Balaban J connectivity index is 1.89. The zero-order valence-corrected chi connectivity index (χ0v) is 17.4. The molecule has 0 unspecified atom stereocenters. The number of rotatable bonds is 4. The predicted octanol–water partition coefficient (Wildman–Crippen LogP) is 3.59. The Labute approximate surface area is 178 Å². The topological polar surface area (TPSA) is 82.3 Å². The first-order valence-electron chi connectivity index (χ1n) is 9.70. The highest BCUT2D eigenvalue weighted by Crippen LogP contribution is 2.33. The van der Waals surface area contributed by atoms with Gasteiger partial charge in [0.15, 0.2) is 5.75 Å². The summed E-state index contributed by atoms with van der Waals surface area (Å²) >= 11 is 0. The number of aromatic nitrogens is 2. The molecule has 0 bridgehead atoms. The zero-order valence-electron chi connectivity index (χ0n) is 17.4. The second kappa shape index (κ2) is 7.95. The molecule has 1 N–H and O–H groups in total. The zero-order chi connectivity index (χ0) is 22.1. The normalized spacial score (nSPS) is 10.8. The van der Waals surface area contributed by atoms with Crippen molar-refractivity contribution in [3.63, 3.8) is 0 Å². The summed E-state index contributed by atoms with van der Waals surface area (Å²) in [5, 5.41) is 2.89. The third-order valence-electron chi connectivity index (χ3n) is 5.20. The number of para-hydroxylation sites is 1.